The molecule has 0 aromatic heterocycles. The first-order chi connectivity index (χ1) is 18.2. The van der Waals surface area contributed by atoms with E-state index in [0.29, 0.717) is 23.2 Å². The van der Waals surface area contributed by atoms with Gasteiger partial charge in [0, 0.05) is 11.7 Å². The molecule has 39 heavy (non-hydrogen) atoms. The minimum Gasteiger partial charge on any atom is -0.508 e. The van der Waals surface area contributed by atoms with Crippen LogP contribution in [0.4, 0.5) is 10.5 Å². The summed E-state index contributed by atoms with van der Waals surface area (Å²) in [6.45, 7) is 14.9. The number of benzene rings is 2. The number of anilines is 1. The van der Waals surface area contributed by atoms with Gasteiger partial charge in [0.25, 0.3) is 5.91 Å². The van der Waals surface area contributed by atoms with E-state index >= 15 is 0 Å². The second kappa shape index (κ2) is 12.1. The first kappa shape index (κ1) is 30.0. The molecule has 1 aliphatic carbocycles. The number of amides is 3. The van der Waals surface area contributed by atoms with Crippen molar-refractivity contribution in [2.75, 3.05) is 5.32 Å². The van der Waals surface area contributed by atoms with Crippen LogP contribution in [0.15, 0.2) is 42.5 Å². The van der Waals surface area contributed by atoms with Gasteiger partial charge in [-0.2, -0.15) is 0 Å². The van der Waals surface area contributed by atoms with Gasteiger partial charge in [-0.15, -0.1) is 0 Å². The molecule has 8 nitrogen and oxygen atoms in total. The number of para-hydroxylation sites is 1. The molecule has 5 atom stereocenters. The summed E-state index contributed by atoms with van der Waals surface area (Å²) in [6, 6.07) is 10.4. The number of carbonyl (C=O) groups excluding carboxylic acids is 3. The average molecular weight is 538 g/mol. The van der Waals surface area contributed by atoms with Crippen molar-refractivity contribution in [3.63, 3.8) is 0 Å². The third-order valence-corrected chi connectivity index (χ3v) is 7.30. The standard InChI is InChI=1S/C31H43N3O5/c1-9-18(2)26(33-30(38)39-31(6,7)8)29(37)34(24-17-20(24)4)27(22-14-15-25(35)21(5)16-22)28(36)32-23-13-11-10-12-19(23)3/h10-16,18,20,24,26-27,35H,9,17H2,1-8H3,(H,32,36)(H,33,38). The number of aromatic hydroxyl groups is 1. The van der Waals surface area contributed by atoms with Crippen molar-refractivity contribution < 1.29 is 24.2 Å². The summed E-state index contributed by atoms with van der Waals surface area (Å²) in [6.07, 6.45) is 0.710. The van der Waals surface area contributed by atoms with Gasteiger partial charge in [-0.25, -0.2) is 4.79 Å². The summed E-state index contributed by atoms with van der Waals surface area (Å²) in [4.78, 5) is 42.9. The predicted octanol–water partition coefficient (Wildman–Crippen LogP) is 5.87. The molecule has 1 saturated carbocycles. The maximum Gasteiger partial charge on any atom is 0.408 e. The number of carbonyl (C=O) groups is 3. The van der Waals surface area contributed by atoms with Crippen molar-refractivity contribution in [1.29, 1.82) is 0 Å². The first-order valence-electron chi connectivity index (χ1n) is 13.7. The molecule has 1 aliphatic rings. The Kier molecular flexibility index (Phi) is 9.30. The Morgan fingerprint density at radius 3 is 2.28 bits per heavy atom. The lowest BCUT2D eigenvalue weighted by Crippen LogP contribution is -2.55. The number of hydrogen-bond acceptors (Lipinski definition) is 5. The molecule has 3 N–H and O–H groups in total. The molecule has 8 heteroatoms. The third kappa shape index (κ3) is 7.52. The third-order valence-electron chi connectivity index (χ3n) is 7.30. The second-order valence-corrected chi connectivity index (χ2v) is 11.8. The van der Waals surface area contributed by atoms with E-state index in [1.54, 1.807) is 50.8 Å². The lowest BCUT2D eigenvalue weighted by atomic mass is 9.95. The molecule has 3 rings (SSSR count). The van der Waals surface area contributed by atoms with Crippen LogP contribution in [0, 0.1) is 25.7 Å². The normalized spacial score (nSPS) is 18.9. The molecule has 0 spiro atoms. The topological polar surface area (TPSA) is 108 Å². The fourth-order valence-electron chi connectivity index (χ4n) is 4.65. The van der Waals surface area contributed by atoms with Crippen molar-refractivity contribution in [1.82, 2.24) is 10.2 Å². The molecule has 2 aromatic rings. The summed E-state index contributed by atoms with van der Waals surface area (Å²) in [5.74, 6) is -0.593. The Balaban J connectivity index is 2.07. The minimum absolute atomic E-state index is 0.110. The van der Waals surface area contributed by atoms with Crippen LogP contribution in [-0.4, -0.2) is 45.6 Å². The molecular weight excluding hydrogens is 494 g/mol. The second-order valence-electron chi connectivity index (χ2n) is 11.8. The van der Waals surface area contributed by atoms with Crippen molar-refractivity contribution in [3.8, 4) is 5.75 Å². The van der Waals surface area contributed by atoms with Gasteiger partial charge in [0.05, 0.1) is 0 Å². The summed E-state index contributed by atoms with van der Waals surface area (Å²) in [5.41, 5.74) is 2.02. The maximum absolute atomic E-state index is 14.4. The Labute approximate surface area is 232 Å². The molecule has 0 aliphatic heterocycles. The van der Waals surface area contributed by atoms with Crippen LogP contribution in [0.5, 0.6) is 5.75 Å². The number of hydrogen-bond donors (Lipinski definition) is 3. The van der Waals surface area contributed by atoms with E-state index in [2.05, 4.69) is 10.6 Å². The van der Waals surface area contributed by atoms with Crippen LogP contribution in [0.3, 0.4) is 0 Å². The van der Waals surface area contributed by atoms with E-state index in [1.165, 1.54) is 0 Å². The van der Waals surface area contributed by atoms with Crippen molar-refractivity contribution in [3.05, 3.63) is 59.2 Å². The van der Waals surface area contributed by atoms with E-state index in [4.69, 9.17) is 4.74 Å². The van der Waals surface area contributed by atoms with Crippen LogP contribution in [-0.2, 0) is 14.3 Å². The van der Waals surface area contributed by atoms with Crippen LogP contribution in [0.25, 0.3) is 0 Å². The maximum atomic E-state index is 14.4. The molecule has 0 radical (unpaired) electrons. The Hall–Kier alpha value is -3.55. The predicted molar refractivity (Wildman–Crippen MR) is 152 cm³/mol. The van der Waals surface area contributed by atoms with E-state index < -0.39 is 23.8 Å². The summed E-state index contributed by atoms with van der Waals surface area (Å²) in [5, 5.41) is 16.0. The SMILES string of the molecule is CCC(C)C(NC(=O)OC(C)(C)C)C(=O)N(C(C(=O)Nc1ccccc1C)c1ccc(O)c(C)c1)C1CC1C. The van der Waals surface area contributed by atoms with Gasteiger partial charge < -0.3 is 25.4 Å². The Bertz CT molecular complexity index is 1200. The van der Waals surface area contributed by atoms with E-state index in [9.17, 15) is 19.5 Å². The molecule has 2 aromatic carbocycles. The van der Waals surface area contributed by atoms with E-state index in [1.807, 2.05) is 52.0 Å². The van der Waals surface area contributed by atoms with Gasteiger partial charge in [0.2, 0.25) is 5.91 Å². The largest absolute Gasteiger partial charge is 0.508 e. The summed E-state index contributed by atoms with van der Waals surface area (Å²) in [7, 11) is 0. The Morgan fingerprint density at radius 2 is 1.74 bits per heavy atom. The van der Waals surface area contributed by atoms with Gasteiger partial charge in [-0.3, -0.25) is 9.59 Å². The van der Waals surface area contributed by atoms with Crippen LogP contribution < -0.4 is 10.6 Å². The van der Waals surface area contributed by atoms with Crippen molar-refractivity contribution in [2.24, 2.45) is 11.8 Å². The van der Waals surface area contributed by atoms with Gasteiger partial charge >= 0.3 is 6.09 Å². The first-order valence-corrected chi connectivity index (χ1v) is 13.7. The lowest BCUT2D eigenvalue weighted by molar-refractivity contribution is -0.142. The minimum atomic E-state index is -0.974. The monoisotopic (exact) mass is 537 g/mol. The number of ether oxygens (including phenoxy) is 1. The zero-order valence-electron chi connectivity index (χ0n) is 24.4. The van der Waals surface area contributed by atoms with E-state index in [-0.39, 0.29) is 35.4 Å². The van der Waals surface area contributed by atoms with Gasteiger partial charge in [-0.05, 0) is 87.8 Å². The molecule has 0 heterocycles. The number of rotatable bonds is 9. The summed E-state index contributed by atoms with van der Waals surface area (Å²) >= 11 is 0. The molecule has 212 valence electrons. The van der Waals surface area contributed by atoms with Gasteiger partial charge in [0.15, 0.2) is 0 Å². The summed E-state index contributed by atoms with van der Waals surface area (Å²) < 4.78 is 5.48. The molecule has 3 amide bonds. The highest BCUT2D eigenvalue weighted by Crippen LogP contribution is 2.42. The molecule has 0 bridgehead atoms. The number of nitrogens with zero attached hydrogens (tertiary/aromatic N) is 1. The lowest BCUT2D eigenvalue weighted by Gasteiger charge is -2.36. The van der Waals surface area contributed by atoms with Crippen LogP contribution in [0.2, 0.25) is 0 Å². The fraction of sp³-hybridized carbons (Fsp3) is 0.516. The molecule has 1 fully saturated rings. The fourth-order valence-corrected chi connectivity index (χ4v) is 4.65. The van der Waals surface area contributed by atoms with Crippen LogP contribution in [0.1, 0.15) is 77.1 Å². The highest BCUT2D eigenvalue weighted by atomic mass is 16.6. The highest BCUT2D eigenvalue weighted by molar-refractivity contribution is 5.99. The number of phenols is 1. The number of phenolic OH excluding ortho intramolecular Hbond substituents is 1. The van der Waals surface area contributed by atoms with Crippen molar-refractivity contribution >= 4 is 23.6 Å². The van der Waals surface area contributed by atoms with Crippen molar-refractivity contribution in [2.45, 2.75) is 92.0 Å². The smallest absolute Gasteiger partial charge is 0.408 e. The average Bonchev–Trinajstić information content (AvgIpc) is 3.57. The molecule has 5 unspecified atom stereocenters. The quantitative estimate of drug-likeness (QED) is 0.371. The highest BCUT2D eigenvalue weighted by Gasteiger charge is 2.49. The van der Waals surface area contributed by atoms with Gasteiger partial charge in [0.1, 0.15) is 23.4 Å². The Morgan fingerprint density at radius 1 is 1.10 bits per heavy atom. The van der Waals surface area contributed by atoms with E-state index in [0.717, 1.165) is 12.0 Å². The number of alkyl carbamates (subject to hydrolysis) is 1. The molecular formula is C31H43N3O5. The zero-order chi connectivity index (χ0) is 29.1. The van der Waals surface area contributed by atoms with Gasteiger partial charge in [-0.1, -0.05) is 51.5 Å². The zero-order valence-corrected chi connectivity index (χ0v) is 24.4. The number of aryl methyl sites for hydroxylation is 2. The van der Waals surface area contributed by atoms with Crippen LogP contribution >= 0.6 is 0 Å². The number of nitrogens with one attached hydrogen (secondary N) is 2. The molecule has 0 saturated heterocycles.